The van der Waals surface area contributed by atoms with Crippen molar-refractivity contribution in [1.82, 2.24) is 14.4 Å². The maximum atomic E-state index is 4.70. The Morgan fingerprint density at radius 3 is 2.89 bits per heavy atom. The van der Waals surface area contributed by atoms with Crippen LogP contribution >= 0.6 is 0 Å². The lowest BCUT2D eigenvalue weighted by molar-refractivity contribution is 0.611. The minimum atomic E-state index is 0.454. The number of aromatic nitrogens is 3. The first-order valence-corrected chi connectivity index (χ1v) is 6.97. The third kappa shape index (κ3) is 2.80. The van der Waals surface area contributed by atoms with Gasteiger partial charge in [-0.3, -0.25) is 0 Å². The van der Waals surface area contributed by atoms with Crippen LogP contribution in [-0.4, -0.2) is 34.0 Å². The SMILES string of the molecule is CCCC(C)N(C)c1nc(NCC)cn2ccnc12. The van der Waals surface area contributed by atoms with Crippen LogP contribution in [0.15, 0.2) is 18.6 Å². The molecule has 2 aromatic heterocycles. The Kier molecular flexibility index (Phi) is 4.24. The first kappa shape index (κ1) is 13.6. The normalized spacial score (nSPS) is 12.6. The highest BCUT2D eigenvalue weighted by atomic mass is 15.2. The van der Waals surface area contributed by atoms with Gasteiger partial charge in [0.2, 0.25) is 0 Å². The summed E-state index contributed by atoms with van der Waals surface area (Å²) in [4.78, 5) is 11.3. The van der Waals surface area contributed by atoms with E-state index in [1.807, 2.05) is 23.0 Å². The summed E-state index contributed by atoms with van der Waals surface area (Å²) < 4.78 is 2.02. The van der Waals surface area contributed by atoms with Gasteiger partial charge in [-0.05, 0) is 20.3 Å². The molecule has 2 heterocycles. The number of rotatable bonds is 6. The molecule has 5 heteroatoms. The van der Waals surface area contributed by atoms with Crippen molar-refractivity contribution in [2.75, 3.05) is 23.8 Å². The van der Waals surface area contributed by atoms with Gasteiger partial charge in [0.25, 0.3) is 0 Å². The summed E-state index contributed by atoms with van der Waals surface area (Å²) in [6.45, 7) is 7.37. The van der Waals surface area contributed by atoms with Crippen molar-refractivity contribution in [3.8, 4) is 0 Å². The highest BCUT2D eigenvalue weighted by molar-refractivity contribution is 5.66. The van der Waals surface area contributed by atoms with E-state index < -0.39 is 0 Å². The number of fused-ring (bicyclic) bond motifs is 1. The molecule has 0 saturated heterocycles. The number of imidazole rings is 1. The maximum Gasteiger partial charge on any atom is 0.180 e. The van der Waals surface area contributed by atoms with E-state index >= 15 is 0 Å². The fraction of sp³-hybridized carbons (Fsp3) is 0.571. The van der Waals surface area contributed by atoms with E-state index in [0.717, 1.165) is 30.2 Å². The summed E-state index contributed by atoms with van der Waals surface area (Å²) in [5.41, 5.74) is 0.909. The highest BCUT2D eigenvalue weighted by Gasteiger charge is 2.16. The van der Waals surface area contributed by atoms with Crippen molar-refractivity contribution in [3.05, 3.63) is 18.6 Å². The van der Waals surface area contributed by atoms with Crippen LogP contribution in [0.1, 0.15) is 33.6 Å². The Morgan fingerprint density at radius 1 is 1.42 bits per heavy atom. The maximum absolute atomic E-state index is 4.70. The zero-order chi connectivity index (χ0) is 13.8. The second-order valence-corrected chi connectivity index (χ2v) is 4.89. The predicted molar refractivity (Wildman–Crippen MR) is 79.9 cm³/mol. The molecular weight excluding hydrogens is 238 g/mol. The molecule has 0 aliphatic rings. The van der Waals surface area contributed by atoms with Gasteiger partial charge in [-0.15, -0.1) is 0 Å². The van der Waals surface area contributed by atoms with Gasteiger partial charge in [0.05, 0.1) is 6.20 Å². The van der Waals surface area contributed by atoms with E-state index in [-0.39, 0.29) is 0 Å². The van der Waals surface area contributed by atoms with Gasteiger partial charge in [-0.25, -0.2) is 9.97 Å². The predicted octanol–water partition coefficient (Wildman–Crippen LogP) is 2.79. The number of nitrogens with zero attached hydrogens (tertiary/aromatic N) is 4. The van der Waals surface area contributed by atoms with E-state index in [1.165, 1.54) is 6.42 Å². The van der Waals surface area contributed by atoms with Crippen LogP contribution in [0.5, 0.6) is 0 Å². The molecule has 1 unspecified atom stereocenters. The van der Waals surface area contributed by atoms with E-state index in [2.05, 4.69) is 43.0 Å². The molecule has 0 saturated carbocycles. The van der Waals surface area contributed by atoms with Crippen LogP contribution in [0.25, 0.3) is 5.65 Å². The molecule has 2 rings (SSSR count). The first-order valence-electron chi connectivity index (χ1n) is 6.97. The highest BCUT2D eigenvalue weighted by Crippen LogP contribution is 2.22. The Morgan fingerprint density at radius 2 is 2.21 bits per heavy atom. The summed E-state index contributed by atoms with van der Waals surface area (Å²) in [7, 11) is 2.09. The summed E-state index contributed by atoms with van der Waals surface area (Å²) in [5, 5.41) is 3.27. The smallest absolute Gasteiger partial charge is 0.180 e. The van der Waals surface area contributed by atoms with Gasteiger partial charge in [-0.1, -0.05) is 13.3 Å². The largest absolute Gasteiger partial charge is 0.369 e. The molecule has 104 valence electrons. The molecule has 19 heavy (non-hydrogen) atoms. The molecule has 0 aromatic carbocycles. The lowest BCUT2D eigenvalue weighted by atomic mass is 10.2. The van der Waals surface area contributed by atoms with Crippen molar-refractivity contribution in [2.24, 2.45) is 0 Å². The van der Waals surface area contributed by atoms with E-state index in [0.29, 0.717) is 6.04 Å². The van der Waals surface area contributed by atoms with Gasteiger partial charge < -0.3 is 14.6 Å². The van der Waals surface area contributed by atoms with Gasteiger partial charge in [-0.2, -0.15) is 0 Å². The van der Waals surface area contributed by atoms with Gasteiger partial charge in [0.1, 0.15) is 5.82 Å². The summed E-state index contributed by atoms with van der Waals surface area (Å²) in [6.07, 6.45) is 8.07. The van der Waals surface area contributed by atoms with E-state index in [4.69, 9.17) is 4.98 Å². The van der Waals surface area contributed by atoms with Gasteiger partial charge in [0, 0.05) is 32.0 Å². The van der Waals surface area contributed by atoms with Crippen LogP contribution < -0.4 is 10.2 Å². The zero-order valence-corrected chi connectivity index (χ0v) is 12.2. The lowest BCUT2D eigenvalue weighted by Crippen LogP contribution is -2.30. The van der Waals surface area contributed by atoms with E-state index in [9.17, 15) is 0 Å². The van der Waals surface area contributed by atoms with Crippen LogP contribution in [0.3, 0.4) is 0 Å². The second kappa shape index (κ2) is 5.91. The average molecular weight is 261 g/mol. The molecule has 1 atom stereocenters. The third-order valence-corrected chi connectivity index (χ3v) is 3.42. The minimum absolute atomic E-state index is 0.454. The molecule has 0 bridgehead atoms. The number of hydrogen-bond donors (Lipinski definition) is 1. The van der Waals surface area contributed by atoms with Gasteiger partial charge in [0.15, 0.2) is 11.5 Å². The summed E-state index contributed by atoms with van der Waals surface area (Å²) in [6, 6.07) is 0.454. The van der Waals surface area contributed by atoms with Crippen molar-refractivity contribution in [3.63, 3.8) is 0 Å². The van der Waals surface area contributed by atoms with Gasteiger partial charge >= 0.3 is 0 Å². The van der Waals surface area contributed by atoms with Crippen molar-refractivity contribution >= 4 is 17.3 Å². The van der Waals surface area contributed by atoms with Crippen LogP contribution in [-0.2, 0) is 0 Å². The molecule has 0 aliphatic heterocycles. The molecular formula is C14H23N5. The number of hydrogen-bond acceptors (Lipinski definition) is 4. The van der Waals surface area contributed by atoms with Crippen LogP contribution in [0, 0.1) is 0 Å². The third-order valence-electron chi connectivity index (χ3n) is 3.42. The Hall–Kier alpha value is -1.78. The topological polar surface area (TPSA) is 45.5 Å². The van der Waals surface area contributed by atoms with Crippen LogP contribution in [0.4, 0.5) is 11.6 Å². The monoisotopic (exact) mass is 261 g/mol. The fourth-order valence-corrected chi connectivity index (χ4v) is 2.24. The molecule has 0 spiro atoms. The molecule has 0 amide bonds. The van der Waals surface area contributed by atoms with E-state index in [1.54, 1.807) is 0 Å². The quantitative estimate of drug-likeness (QED) is 0.868. The van der Waals surface area contributed by atoms with Crippen LogP contribution in [0.2, 0.25) is 0 Å². The number of nitrogens with one attached hydrogen (secondary N) is 1. The average Bonchev–Trinajstić information content (AvgIpc) is 2.85. The lowest BCUT2D eigenvalue weighted by Gasteiger charge is -2.26. The minimum Gasteiger partial charge on any atom is -0.369 e. The molecule has 0 fully saturated rings. The van der Waals surface area contributed by atoms with Crippen molar-refractivity contribution < 1.29 is 0 Å². The molecule has 1 N–H and O–H groups in total. The fourth-order valence-electron chi connectivity index (χ4n) is 2.24. The second-order valence-electron chi connectivity index (χ2n) is 4.89. The first-order chi connectivity index (χ1) is 9.17. The van der Waals surface area contributed by atoms with Crippen molar-refractivity contribution in [2.45, 2.75) is 39.7 Å². The Bertz CT molecular complexity index is 534. The standard InChI is InChI=1S/C14H23N5/c1-5-7-11(3)18(4)14-13-16-8-9-19(13)10-12(17-14)15-6-2/h8-11,15H,5-7H2,1-4H3. The molecule has 5 nitrogen and oxygen atoms in total. The molecule has 0 radical (unpaired) electrons. The Balaban J connectivity index is 2.41. The molecule has 2 aromatic rings. The number of anilines is 2. The van der Waals surface area contributed by atoms with Crippen molar-refractivity contribution in [1.29, 1.82) is 0 Å². The molecule has 0 aliphatic carbocycles. The zero-order valence-electron chi connectivity index (χ0n) is 12.2. The Labute approximate surface area is 114 Å². The summed E-state index contributed by atoms with van der Waals surface area (Å²) in [5.74, 6) is 1.82. The summed E-state index contributed by atoms with van der Waals surface area (Å²) >= 11 is 0.